The van der Waals surface area contributed by atoms with Crippen molar-refractivity contribution in [2.24, 2.45) is 11.8 Å². The summed E-state index contributed by atoms with van der Waals surface area (Å²) in [5.74, 6) is 0.874. The average Bonchev–Trinajstić information content (AvgIpc) is 2.39. The fraction of sp³-hybridized carbons (Fsp3) is 0.824. The van der Waals surface area contributed by atoms with Crippen LogP contribution >= 0.6 is 0 Å². The fourth-order valence-corrected chi connectivity index (χ4v) is 3.08. The standard InChI is InChI=1S/C17H30O3/c1-6-13-10-14(18)15(17(20-5)16(13)19)12(4)9-7-8-11(2)3/h11,13,16-17,19H,6-10H2,1-5H3/t13-,16-,17+/m1/s1. The number of hydrogen-bond donors (Lipinski definition) is 1. The Bertz CT molecular complexity index is 357. The lowest BCUT2D eigenvalue weighted by atomic mass is 9.77. The molecule has 0 aromatic carbocycles. The zero-order valence-corrected chi connectivity index (χ0v) is 13.6. The molecular formula is C17H30O3. The predicted octanol–water partition coefficient (Wildman–Crippen LogP) is 3.50. The van der Waals surface area contributed by atoms with E-state index in [9.17, 15) is 9.90 Å². The molecule has 1 aliphatic rings. The molecule has 1 fully saturated rings. The van der Waals surface area contributed by atoms with E-state index in [-0.39, 0.29) is 11.7 Å². The van der Waals surface area contributed by atoms with Crippen LogP contribution in [-0.2, 0) is 9.53 Å². The highest BCUT2D eigenvalue weighted by atomic mass is 16.5. The monoisotopic (exact) mass is 282 g/mol. The normalized spacial score (nSPS) is 29.9. The Balaban J connectivity index is 2.86. The van der Waals surface area contributed by atoms with Crippen LogP contribution in [0, 0.1) is 11.8 Å². The van der Waals surface area contributed by atoms with Gasteiger partial charge in [-0.1, -0.05) is 39.2 Å². The van der Waals surface area contributed by atoms with Crippen molar-refractivity contribution in [3.05, 3.63) is 11.1 Å². The van der Waals surface area contributed by atoms with Crippen LogP contribution in [0.5, 0.6) is 0 Å². The van der Waals surface area contributed by atoms with E-state index in [1.807, 2.05) is 13.8 Å². The molecule has 1 rings (SSSR count). The van der Waals surface area contributed by atoms with Gasteiger partial charge in [0, 0.05) is 19.1 Å². The number of methoxy groups -OCH3 is 1. The summed E-state index contributed by atoms with van der Waals surface area (Å²) >= 11 is 0. The number of carbonyl (C=O) groups excluding carboxylic acids is 1. The van der Waals surface area contributed by atoms with Crippen molar-refractivity contribution >= 4 is 5.78 Å². The van der Waals surface area contributed by atoms with E-state index in [0.29, 0.717) is 12.3 Å². The Hall–Kier alpha value is -0.670. The van der Waals surface area contributed by atoms with Crippen molar-refractivity contribution in [2.45, 2.75) is 72.0 Å². The molecule has 1 aliphatic carbocycles. The van der Waals surface area contributed by atoms with Gasteiger partial charge in [0.2, 0.25) is 0 Å². The maximum atomic E-state index is 12.4. The van der Waals surface area contributed by atoms with E-state index < -0.39 is 12.2 Å². The van der Waals surface area contributed by atoms with Gasteiger partial charge in [-0.05, 0) is 31.6 Å². The second-order valence-corrected chi connectivity index (χ2v) is 6.42. The number of allylic oxidation sites excluding steroid dienone is 1. The van der Waals surface area contributed by atoms with Gasteiger partial charge < -0.3 is 9.84 Å². The van der Waals surface area contributed by atoms with Crippen LogP contribution in [0.1, 0.15) is 59.8 Å². The number of aliphatic hydroxyl groups is 1. The van der Waals surface area contributed by atoms with Crippen molar-refractivity contribution in [2.75, 3.05) is 7.11 Å². The van der Waals surface area contributed by atoms with Crippen molar-refractivity contribution in [3.8, 4) is 0 Å². The minimum absolute atomic E-state index is 0.0275. The Morgan fingerprint density at radius 3 is 2.60 bits per heavy atom. The quantitative estimate of drug-likeness (QED) is 0.758. The molecule has 0 aliphatic heterocycles. The van der Waals surface area contributed by atoms with Gasteiger partial charge in [0.25, 0.3) is 0 Å². The fourth-order valence-electron chi connectivity index (χ4n) is 3.08. The first-order valence-electron chi connectivity index (χ1n) is 7.86. The van der Waals surface area contributed by atoms with Crippen LogP contribution in [-0.4, -0.2) is 30.2 Å². The number of rotatable bonds is 6. The Morgan fingerprint density at radius 1 is 1.45 bits per heavy atom. The number of hydrogen-bond acceptors (Lipinski definition) is 3. The average molecular weight is 282 g/mol. The van der Waals surface area contributed by atoms with E-state index >= 15 is 0 Å². The molecule has 0 amide bonds. The highest BCUT2D eigenvalue weighted by Gasteiger charge is 2.39. The molecule has 0 saturated heterocycles. The lowest BCUT2D eigenvalue weighted by Crippen LogP contribution is -2.44. The van der Waals surface area contributed by atoms with Crippen molar-refractivity contribution in [1.82, 2.24) is 0 Å². The van der Waals surface area contributed by atoms with Gasteiger partial charge in [-0.2, -0.15) is 0 Å². The number of carbonyl (C=O) groups is 1. The second kappa shape index (κ2) is 7.94. The maximum Gasteiger partial charge on any atom is 0.161 e. The van der Waals surface area contributed by atoms with E-state index in [1.54, 1.807) is 7.11 Å². The number of aliphatic hydroxyl groups excluding tert-OH is 1. The minimum Gasteiger partial charge on any atom is -0.390 e. The molecule has 0 radical (unpaired) electrons. The van der Waals surface area contributed by atoms with E-state index in [2.05, 4.69) is 13.8 Å². The Morgan fingerprint density at radius 2 is 2.10 bits per heavy atom. The molecule has 0 bridgehead atoms. The molecule has 1 saturated carbocycles. The minimum atomic E-state index is -0.558. The first kappa shape index (κ1) is 17.4. The summed E-state index contributed by atoms with van der Waals surface area (Å²) < 4.78 is 5.44. The second-order valence-electron chi connectivity index (χ2n) is 6.42. The molecule has 3 atom stereocenters. The van der Waals surface area contributed by atoms with Gasteiger partial charge in [-0.3, -0.25) is 4.79 Å². The van der Waals surface area contributed by atoms with Crippen LogP contribution in [0.2, 0.25) is 0 Å². The molecule has 1 N–H and O–H groups in total. The zero-order chi connectivity index (χ0) is 15.3. The molecule has 3 heteroatoms. The number of ether oxygens (including phenoxy) is 1. The summed E-state index contributed by atoms with van der Waals surface area (Å²) in [4.78, 5) is 12.4. The van der Waals surface area contributed by atoms with E-state index in [0.717, 1.165) is 36.8 Å². The van der Waals surface area contributed by atoms with Gasteiger partial charge in [0.05, 0.1) is 6.10 Å². The number of ketones is 1. The van der Waals surface area contributed by atoms with E-state index in [4.69, 9.17) is 4.74 Å². The Kier molecular flexibility index (Phi) is 6.90. The lowest BCUT2D eigenvalue weighted by molar-refractivity contribution is -0.126. The highest BCUT2D eigenvalue weighted by Crippen LogP contribution is 2.33. The molecule has 3 nitrogen and oxygen atoms in total. The summed E-state index contributed by atoms with van der Waals surface area (Å²) in [5.41, 5.74) is 1.82. The smallest absolute Gasteiger partial charge is 0.161 e. The Labute approximate surface area is 123 Å². The summed E-state index contributed by atoms with van der Waals surface area (Å²) in [7, 11) is 1.58. The number of Topliss-reactive ketones (excluding diaryl/α,β-unsaturated/α-hetero) is 1. The van der Waals surface area contributed by atoms with Crippen LogP contribution < -0.4 is 0 Å². The van der Waals surface area contributed by atoms with Gasteiger partial charge in [0.15, 0.2) is 5.78 Å². The summed E-state index contributed by atoms with van der Waals surface area (Å²) in [5, 5.41) is 10.4. The largest absolute Gasteiger partial charge is 0.390 e. The maximum absolute atomic E-state index is 12.4. The first-order valence-corrected chi connectivity index (χ1v) is 7.86. The summed E-state index contributed by atoms with van der Waals surface area (Å²) in [6.45, 7) is 8.44. The van der Waals surface area contributed by atoms with Gasteiger partial charge >= 0.3 is 0 Å². The summed E-state index contributed by atoms with van der Waals surface area (Å²) in [6, 6.07) is 0. The van der Waals surface area contributed by atoms with Gasteiger partial charge in [-0.15, -0.1) is 0 Å². The van der Waals surface area contributed by atoms with Crippen molar-refractivity contribution in [1.29, 1.82) is 0 Å². The van der Waals surface area contributed by atoms with Crippen LogP contribution in [0.3, 0.4) is 0 Å². The third-order valence-corrected chi connectivity index (χ3v) is 4.40. The third-order valence-electron chi connectivity index (χ3n) is 4.40. The SMILES string of the molecule is CC[C@@H]1CC(=O)C(=C(C)CCCC(C)C)[C@H](OC)[C@@H]1O. The highest BCUT2D eigenvalue weighted by molar-refractivity contribution is 5.98. The zero-order valence-electron chi connectivity index (χ0n) is 13.6. The van der Waals surface area contributed by atoms with Crippen LogP contribution in [0.15, 0.2) is 11.1 Å². The van der Waals surface area contributed by atoms with E-state index in [1.165, 1.54) is 0 Å². The topological polar surface area (TPSA) is 46.5 Å². The van der Waals surface area contributed by atoms with Gasteiger partial charge in [-0.25, -0.2) is 0 Å². The van der Waals surface area contributed by atoms with Gasteiger partial charge in [0.1, 0.15) is 6.10 Å². The molecule has 0 heterocycles. The first-order chi connectivity index (χ1) is 9.42. The van der Waals surface area contributed by atoms with Crippen molar-refractivity contribution in [3.63, 3.8) is 0 Å². The van der Waals surface area contributed by atoms with Crippen molar-refractivity contribution < 1.29 is 14.6 Å². The molecule has 116 valence electrons. The molecule has 0 aromatic heterocycles. The summed E-state index contributed by atoms with van der Waals surface area (Å²) in [6.07, 6.45) is 3.43. The van der Waals surface area contributed by atoms with Crippen LogP contribution in [0.4, 0.5) is 0 Å². The van der Waals surface area contributed by atoms with Crippen LogP contribution in [0.25, 0.3) is 0 Å². The predicted molar refractivity (Wildman–Crippen MR) is 81.6 cm³/mol. The molecule has 0 spiro atoms. The molecule has 20 heavy (non-hydrogen) atoms. The lowest BCUT2D eigenvalue weighted by Gasteiger charge is -2.35. The third kappa shape index (κ3) is 4.16. The molecule has 0 aromatic rings. The molecule has 0 unspecified atom stereocenters. The molecular weight excluding hydrogens is 252 g/mol.